The molecule has 0 saturated heterocycles. The number of rotatable bonds is 4. The summed E-state index contributed by atoms with van der Waals surface area (Å²) >= 11 is 0. The van der Waals surface area contributed by atoms with Crippen molar-refractivity contribution in [3.63, 3.8) is 0 Å². The Morgan fingerprint density at radius 1 is 1.00 bits per heavy atom. The van der Waals surface area contributed by atoms with Crippen molar-refractivity contribution < 1.29 is 0 Å². The first-order valence-corrected chi connectivity index (χ1v) is 5.68. The third-order valence-electron chi connectivity index (χ3n) is 2.35. The van der Waals surface area contributed by atoms with Crippen LogP contribution in [0.2, 0.25) is 0 Å². The fourth-order valence-corrected chi connectivity index (χ4v) is 1.32. The molecule has 0 aliphatic rings. The number of allylic oxidation sites excluding steroid dienone is 8. The molecule has 0 spiro atoms. The highest BCUT2D eigenvalue weighted by molar-refractivity contribution is 5.45. The van der Waals surface area contributed by atoms with Gasteiger partial charge in [0.2, 0.25) is 0 Å². The van der Waals surface area contributed by atoms with E-state index in [9.17, 15) is 0 Å². The van der Waals surface area contributed by atoms with Gasteiger partial charge < -0.3 is 0 Å². The highest BCUT2D eigenvalue weighted by Gasteiger charge is 1.98. The molecular weight excluding hydrogens is 180 g/mol. The van der Waals surface area contributed by atoms with Crippen LogP contribution in [-0.2, 0) is 0 Å². The summed E-state index contributed by atoms with van der Waals surface area (Å²) in [5.74, 6) is 0.609. The van der Waals surface area contributed by atoms with Crippen LogP contribution in [0.15, 0.2) is 47.1 Å². The number of hydrogen-bond acceptors (Lipinski definition) is 0. The Morgan fingerprint density at radius 3 is 2.00 bits per heavy atom. The van der Waals surface area contributed by atoms with Crippen LogP contribution in [0.5, 0.6) is 0 Å². The van der Waals surface area contributed by atoms with Crippen molar-refractivity contribution in [1.29, 1.82) is 0 Å². The second kappa shape index (κ2) is 7.28. The second-order valence-corrected chi connectivity index (χ2v) is 4.17. The zero-order valence-corrected chi connectivity index (χ0v) is 11.0. The van der Waals surface area contributed by atoms with Crippen LogP contribution in [0.1, 0.15) is 41.5 Å². The molecule has 0 saturated carbocycles. The molecule has 0 N–H and O–H groups in total. The third-order valence-corrected chi connectivity index (χ3v) is 2.35. The largest absolute Gasteiger partial charge is 0.0870 e. The first-order valence-electron chi connectivity index (χ1n) is 5.68. The molecule has 0 heteroatoms. The van der Waals surface area contributed by atoms with E-state index in [-0.39, 0.29) is 0 Å². The van der Waals surface area contributed by atoms with Crippen LogP contribution in [0.25, 0.3) is 0 Å². The van der Waals surface area contributed by atoms with Crippen molar-refractivity contribution in [3.05, 3.63) is 47.1 Å². The van der Waals surface area contributed by atoms with Crippen LogP contribution >= 0.6 is 0 Å². The standard InChI is InChI=1S/C15H24/c1-7-9-15(13(5)8-2)14(6)11-10-12(3)4/h7-12H,1-6H3/b9-7-,11-10+,13-8-,15-14-. The molecular formula is C15H24. The van der Waals surface area contributed by atoms with E-state index in [0.717, 1.165) is 0 Å². The van der Waals surface area contributed by atoms with Crippen LogP contribution in [0.3, 0.4) is 0 Å². The van der Waals surface area contributed by atoms with Crippen LogP contribution in [0.4, 0.5) is 0 Å². The van der Waals surface area contributed by atoms with Gasteiger partial charge in [-0.1, -0.05) is 44.2 Å². The zero-order valence-electron chi connectivity index (χ0n) is 11.0. The van der Waals surface area contributed by atoms with Gasteiger partial charge >= 0.3 is 0 Å². The van der Waals surface area contributed by atoms with Gasteiger partial charge in [-0.2, -0.15) is 0 Å². The fourth-order valence-electron chi connectivity index (χ4n) is 1.32. The van der Waals surface area contributed by atoms with Gasteiger partial charge in [-0.25, -0.2) is 0 Å². The van der Waals surface area contributed by atoms with Gasteiger partial charge in [0.25, 0.3) is 0 Å². The predicted molar refractivity (Wildman–Crippen MR) is 70.9 cm³/mol. The van der Waals surface area contributed by atoms with Gasteiger partial charge in [0.15, 0.2) is 0 Å². The van der Waals surface area contributed by atoms with Gasteiger partial charge in [0.1, 0.15) is 0 Å². The summed E-state index contributed by atoms with van der Waals surface area (Å²) in [5, 5.41) is 0. The maximum absolute atomic E-state index is 2.24. The van der Waals surface area contributed by atoms with Crippen molar-refractivity contribution in [3.8, 4) is 0 Å². The maximum atomic E-state index is 2.24. The molecule has 0 radical (unpaired) electrons. The molecule has 0 heterocycles. The molecule has 0 aromatic carbocycles. The summed E-state index contributed by atoms with van der Waals surface area (Å²) in [6, 6.07) is 0. The molecule has 84 valence electrons. The van der Waals surface area contributed by atoms with Gasteiger partial charge in [-0.05, 0) is 50.3 Å². The minimum absolute atomic E-state index is 0.609. The Morgan fingerprint density at radius 2 is 1.60 bits per heavy atom. The monoisotopic (exact) mass is 204 g/mol. The molecule has 0 amide bonds. The van der Waals surface area contributed by atoms with Crippen molar-refractivity contribution >= 4 is 0 Å². The Kier molecular flexibility index (Phi) is 6.77. The van der Waals surface area contributed by atoms with Crippen molar-refractivity contribution in [2.75, 3.05) is 0 Å². The van der Waals surface area contributed by atoms with Crippen molar-refractivity contribution in [2.24, 2.45) is 5.92 Å². The van der Waals surface area contributed by atoms with E-state index in [1.165, 1.54) is 16.7 Å². The number of hydrogen-bond donors (Lipinski definition) is 0. The van der Waals surface area contributed by atoms with E-state index in [1.54, 1.807) is 0 Å². The molecule has 0 nitrogen and oxygen atoms in total. The summed E-state index contributed by atoms with van der Waals surface area (Å²) in [6.07, 6.45) is 10.9. The van der Waals surface area contributed by atoms with Gasteiger partial charge in [-0.3, -0.25) is 0 Å². The molecule has 0 aliphatic heterocycles. The molecule has 0 atom stereocenters. The Hall–Kier alpha value is -1.04. The maximum Gasteiger partial charge on any atom is -0.0205 e. The molecule has 0 bridgehead atoms. The lowest BCUT2D eigenvalue weighted by molar-refractivity contribution is 0.830. The molecule has 0 aromatic heterocycles. The minimum Gasteiger partial charge on any atom is -0.0870 e. The topological polar surface area (TPSA) is 0 Å². The van der Waals surface area contributed by atoms with Crippen LogP contribution < -0.4 is 0 Å². The summed E-state index contributed by atoms with van der Waals surface area (Å²) < 4.78 is 0. The second-order valence-electron chi connectivity index (χ2n) is 4.17. The third kappa shape index (κ3) is 5.41. The van der Waals surface area contributed by atoms with Crippen LogP contribution in [0, 0.1) is 5.92 Å². The van der Waals surface area contributed by atoms with E-state index in [4.69, 9.17) is 0 Å². The predicted octanol–water partition coefficient (Wildman–Crippen LogP) is 5.06. The summed E-state index contributed by atoms with van der Waals surface area (Å²) in [5.41, 5.74) is 3.99. The van der Waals surface area contributed by atoms with E-state index >= 15 is 0 Å². The average Bonchev–Trinajstić information content (AvgIpc) is 2.21. The van der Waals surface area contributed by atoms with Crippen molar-refractivity contribution in [1.82, 2.24) is 0 Å². The van der Waals surface area contributed by atoms with E-state index < -0.39 is 0 Å². The van der Waals surface area contributed by atoms with Crippen molar-refractivity contribution in [2.45, 2.75) is 41.5 Å². The smallest absolute Gasteiger partial charge is 0.0205 e. The Labute approximate surface area is 95.1 Å². The summed E-state index contributed by atoms with van der Waals surface area (Å²) in [7, 11) is 0. The summed E-state index contributed by atoms with van der Waals surface area (Å²) in [6.45, 7) is 12.9. The molecule has 0 fully saturated rings. The van der Waals surface area contributed by atoms with E-state index in [1.807, 2.05) is 0 Å². The average molecular weight is 204 g/mol. The highest BCUT2D eigenvalue weighted by atomic mass is 14.0. The van der Waals surface area contributed by atoms with Gasteiger partial charge in [0.05, 0.1) is 0 Å². The zero-order chi connectivity index (χ0) is 11.8. The lowest BCUT2D eigenvalue weighted by Gasteiger charge is -2.06. The normalized spacial score (nSPS) is 15.5. The SMILES string of the molecule is C\C=C/C(C(/C)=C\C)=C(C)/C=C/C(C)C. The highest BCUT2D eigenvalue weighted by Crippen LogP contribution is 2.17. The van der Waals surface area contributed by atoms with Gasteiger partial charge in [-0.15, -0.1) is 0 Å². The first kappa shape index (κ1) is 14.0. The van der Waals surface area contributed by atoms with E-state index in [0.29, 0.717) is 5.92 Å². The molecule has 15 heavy (non-hydrogen) atoms. The Bertz CT molecular complexity index is 296. The quantitative estimate of drug-likeness (QED) is 0.562. The first-order chi connectivity index (χ1) is 7.02. The molecule has 0 unspecified atom stereocenters. The summed E-state index contributed by atoms with van der Waals surface area (Å²) in [4.78, 5) is 0. The molecule has 0 rings (SSSR count). The van der Waals surface area contributed by atoms with E-state index in [2.05, 4.69) is 71.9 Å². The lowest BCUT2D eigenvalue weighted by Crippen LogP contribution is -1.87. The molecule has 0 aromatic rings. The lowest BCUT2D eigenvalue weighted by atomic mass is 10.00. The minimum atomic E-state index is 0.609. The molecule has 0 aliphatic carbocycles. The fraction of sp³-hybridized carbons (Fsp3) is 0.467. The van der Waals surface area contributed by atoms with Crippen LogP contribution in [-0.4, -0.2) is 0 Å². The van der Waals surface area contributed by atoms with Gasteiger partial charge in [0, 0.05) is 0 Å². The Balaban J connectivity index is 5.10.